The van der Waals surface area contributed by atoms with E-state index in [4.69, 9.17) is 13.9 Å². The lowest BCUT2D eigenvalue weighted by Crippen LogP contribution is -2.36. The van der Waals surface area contributed by atoms with Gasteiger partial charge in [0.25, 0.3) is 0 Å². The number of hydrogen-bond donors (Lipinski definition) is 0. The number of benzene rings is 1. The van der Waals surface area contributed by atoms with E-state index in [9.17, 15) is 0 Å². The van der Waals surface area contributed by atoms with Crippen LogP contribution in [0, 0.1) is 0 Å². The van der Waals surface area contributed by atoms with Crippen molar-refractivity contribution in [1.29, 1.82) is 0 Å². The van der Waals surface area contributed by atoms with Crippen LogP contribution in [-0.4, -0.2) is 21.5 Å². The SMILES string of the molecule is CC[Si](CC)(CC)OC1=C[C@@H](c2ccc(OC)c(OC3CCCC3)c2)C1. The average molecular weight is 375 g/mol. The molecule has 0 saturated heterocycles. The van der Waals surface area contributed by atoms with Gasteiger partial charge >= 0.3 is 0 Å². The van der Waals surface area contributed by atoms with Gasteiger partial charge in [0.2, 0.25) is 8.32 Å². The molecule has 3 rings (SSSR count). The number of hydrogen-bond acceptors (Lipinski definition) is 3. The Hall–Kier alpha value is -1.42. The largest absolute Gasteiger partial charge is 0.547 e. The van der Waals surface area contributed by atoms with Crippen molar-refractivity contribution in [3.05, 3.63) is 35.6 Å². The molecule has 0 N–H and O–H groups in total. The van der Waals surface area contributed by atoms with Crippen LogP contribution in [0.15, 0.2) is 30.0 Å². The molecule has 0 unspecified atom stereocenters. The first-order valence-corrected chi connectivity index (χ1v) is 12.9. The van der Waals surface area contributed by atoms with Gasteiger partial charge in [0, 0.05) is 12.3 Å². The first-order valence-electron chi connectivity index (χ1n) is 10.4. The van der Waals surface area contributed by atoms with Crippen molar-refractivity contribution in [2.75, 3.05) is 7.11 Å². The summed E-state index contributed by atoms with van der Waals surface area (Å²) in [4.78, 5) is 0. The van der Waals surface area contributed by atoms with Crippen LogP contribution in [0.4, 0.5) is 0 Å². The molecule has 0 heterocycles. The van der Waals surface area contributed by atoms with Gasteiger partial charge in [0.05, 0.1) is 19.0 Å². The average Bonchev–Trinajstić information content (AvgIpc) is 3.15. The van der Waals surface area contributed by atoms with E-state index in [-0.39, 0.29) is 0 Å². The molecule has 4 heteroatoms. The molecule has 1 aromatic rings. The minimum Gasteiger partial charge on any atom is -0.547 e. The van der Waals surface area contributed by atoms with Crippen molar-refractivity contribution < 1.29 is 13.9 Å². The predicted molar refractivity (Wildman–Crippen MR) is 110 cm³/mol. The van der Waals surface area contributed by atoms with Gasteiger partial charge in [0.15, 0.2) is 11.5 Å². The summed E-state index contributed by atoms with van der Waals surface area (Å²) in [5, 5.41) is 0. The first kappa shape index (κ1) is 19.3. The molecule has 144 valence electrons. The number of allylic oxidation sites excluding steroid dienone is 2. The summed E-state index contributed by atoms with van der Waals surface area (Å²) < 4.78 is 18.3. The Kier molecular flexibility index (Phi) is 6.33. The van der Waals surface area contributed by atoms with Crippen molar-refractivity contribution in [2.24, 2.45) is 0 Å². The van der Waals surface area contributed by atoms with Crippen molar-refractivity contribution >= 4 is 8.32 Å². The number of rotatable bonds is 9. The van der Waals surface area contributed by atoms with E-state index in [1.54, 1.807) is 7.11 Å². The zero-order chi connectivity index (χ0) is 18.6. The number of methoxy groups -OCH3 is 1. The molecule has 1 saturated carbocycles. The van der Waals surface area contributed by atoms with Crippen LogP contribution in [0.5, 0.6) is 11.5 Å². The summed E-state index contributed by atoms with van der Waals surface area (Å²) >= 11 is 0. The Labute approximate surface area is 159 Å². The van der Waals surface area contributed by atoms with Gasteiger partial charge < -0.3 is 13.9 Å². The molecular weight excluding hydrogens is 340 g/mol. The second-order valence-electron chi connectivity index (χ2n) is 7.72. The van der Waals surface area contributed by atoms with Crippen LogP contribution >= 0.6 is 0 Å². The van der Waals surface area contributed by atoms with Crippen molar-refractivity contribution in [3.63, 3.8) is 0 Å². The van der Waals surface area contributed by atoms with E-state index in [1.165, 1.54) is 42.3 Å². The van der Waals surface area contributed by atoms with Crippen molar-refractivity contribution in [1.82, 2.24) is 0 Å². The third kappa shape index (κ3) is 4.11. The second kappa shape index (κ2) is 8.51. The maximum Gasteiger partial charge on any atom is 0.250 e. The molecule has 0 amide bonds. The summed E-state index contributed by atoms with van der Waals surface area (Å²) in [7, 11) is 0.174. The Morgan fingerprint density at radius 3 is 2.23 bits per heavy atom. The lowest BCUT2D eigenvalue weighted by Gasteiger charge is -2.36. The summed E-state index contributed by atoms with van der Waals surface area (Å²) in [6, 6.07) is 9.99. The first-order chi connectivity index (χ1) is 12.6. The zero-order valence-electron chi connectivity index (χ0n) is 16.8. The fourth-order valence-electron chi connectivity index (χ4n) is 4.14. The van der Waals surface area contributed by atoms with Crippen LogP contribution in [0.3, 0.4) is 0 Å². The van der Waals surface area contributed by atoms with E-state index in [2.05, 4.69) is 45.0 Å². The summed E-state index contributed by atoms with van der Waals surface area (Å²) in [6.07, 6.45) is 8.54. The Balaban J connectivity index is 1.69. The highest BCUT2D eigenvalue weighted by Crippen LogP contribution is 2.42. The fraction of sp³-hybridized carbons (Fsp3) is 0.636. The summed E-state index contributed by atoms with van der Waals surface area (Å²) in [6.45, 7) is 6.85. The van der Waals surface area contributed by atoms with E-state index in [0.717, 1.165) is 30.8 Å². The molecule has 2 aliphatic carbocycles. The molecule has 0 aliphatic heterocycles. The smallest absolute Gasteiger partial charge is 0.250 e. The topological polar surface area (TPSA) is 27.7 Å². The third-order valence-corrected chi connectivity index (χ3v) is 10.9. The van der Waals surface area contributed by atoms with Crippen LogP contribution in [0.25, 0.3) is 0 Å². The van der Waals surface area contributed by atoms with Crippen LogP contribution in [-0.2, 0) is 4.43 Å². The van der Waals surface area contributed by atoms with Gasteiger partial charge in [-0.2, -0.15) is 0 Å². The molecule has 2 aliphatic rings. The molecule has 0 bridgehead atoms. The quantitative estimate of drug-likeness (QED) is 0.467. The summed E-state index contributed by atoms with van der Waals surface area (Å²) in [5.41, 5.74) is 1.31. The lowest BCUT2D eigenvalue weighted by atomic mass is 9.86. The minimum absolute atomic E-state index is 0.347. The fourth-order valence-corrected chi connectivity index (χ4v) is 6.78. The second-order valence-corrected chi connectivity index (χ2v) is 12.4. The van der Waals surface area contributed by atoms with Gasteiger partial charge in [-0.15, -0.1) is 0 Å². The van der Waals surface area contributed by atoms with Gasteiger partial charge in [-0.1, -0.05) is 26.8 Å². The van der Waals surface area contributed by atoms with E-state index < -0.39 is 8.32 Å². The molecule has 1 atom stereocenters. The Bertz CT molecular complexity index is 622. The van der Waals surface area contributed by atoms with Crippen LogP contribution in [0.2, 0.25) is 18.1 Å². The highest BCUT2D eigenvalue weighted by molar-refractivity contribution is 6.73. The maximum atomic E-state index is 6.50. The molecule has 0 aromatic heterocycles. The maximum absolute atomic E-state index is 6.50. The Morgan fingerprint density at radius 2 is 1.65 bits per heavy atom. The van der Waals surface area contributed by atoms with Crippen molar-refractivity contribution in [3.8, 4) is 11.5 Å². The molecule has 3 nitrogen and oxygen atoms in total. The van der Waals surface area contributed by atoms with E-state index in [1.807, 2.05) is 0 Å². The van der Waals surface area contributed by atoms with Gasteiger partial charge in [-0.3, -0.25) is 0 Å². The van der Waals surface area contributed by atoms with Gasteiger partial charge in [-0.05, 0) is 67.6 Å². The molecule has 1 fully saturated rings. The standard InChI is InChI=1S/C22H34O3Si/c1-5-26(6-2,7-3)25-20-14-18(15-20)17-12-13-21(23-4)22(16-17)24-19-10-8-9-11-19/h12-14,16,18-19H,5-11,15H2,1-4H3/t18-/m1/s1. The molecular formula is C22H34O3Si. The summed E-state index contributed by atoms with van der Waals surface area (Å²) in [5.74, 6) is 3.40. The molecule has 0 radical (unpaired) electrons. The molecule has 26 heavy (non-hydrogen) atoms. The zero-order valence-corrected chi connectivity index (χ0v) is 17.8. The monoisotopic (exact) mass is 374 g/mol. The van der Waals surface area contributed by atoms with Crippen molar-refractivity contribution in [2.45, 2.75) is 83.0 Å². The number of ether oxygens (including phenoxy) is 2. The molecule has 1 aromatic carbocycles. The van der Waals surface area contributed by atoms with Gasteiger partial charge in [0.1, 0.15) is 0 Å². The highest BCUT2D eigenvalue weighted by Gasteiger charge is 2.34. The molecule has 0 spiro atoms. The lowest BCUT2D eigenvalue weighted by molar-refractivity contribution is 0.200. The predicted octanol–water partition coefficient (Wildman–Crippen LogP) is 6.41. The van der Waals surface area contributed by atoms with Crippen LogP contribution in [0.1, 0.15) is 64.4 Å². The van der Waals surface area contributed by atoms with Crippen LogP contribution < -0.4 is 9.47 Å². The van der Waals surface area contributed by atoms with E-state index in [0.29, 0.717) is 12.0 Å². The minimum atomic E-state index is -1.54. The highest BCUT2D eigenvalue weighted by atomic mass is 28.4. The van der Waals surface area contributed by atoms with E-state index >= 15 is 0 Å². The van der Waals surface area contributed by atoms with Gasteiger partial charge in [-0.25, -0.2) is 0 Å². The normalized spacial score (nSPS) is 20.5. The Morgan fingerprint density at radius 1 is 1.00 bits per heavy atom. The third-order valence-electron chi connectivity index (χ3n) is 6.30.